The van der Waals surface area contributed by atoms with Gasteiger partial charge in [-0.05, 0) is 55.5 Å². The number of anilines is 1. The van der Waals surface area contributed by atoms with Gasteiger partial charge in [-0.2, -0.15) is 0 Å². The lowest BCUT2D eigenvalue weighted by Gasteiger charge is -2.43. The summed E-state index contributed by atoms with van der Waals surface area (Å²) in [5.74, 6) is -0.0576. The van der Waals surface area contributed by atoms with E-state index in [1.807, 2.05) is 0 Å². The van der Waals surface area contributed by atoms with Crippen LogP contribution in [0, 0.1) is 0 Å². The maximum absolute atomic E-state index is 7.58. The van der Waals surface area contributed by atoms with Crippen molar-refractivity contribution in [3.63, 3.8) is 0 Å². The zero-order chi connectivity index (χ0) is 36.8. The highest BCUT2D eigenvalue weighted by molar-refractivity contribution is 7.84. The molecule has 0 N–H and O–H groups in total. The number of benzene rings is 7. The number of rotatable bonds is 12. The van der Waals surface area contributed by atoms with Crippen LogP contribution in [0.4, 0.5) is 5.69 Å². The molecule has 0 aliphatic heterocycles. The van der Waals surface area contributed by atoms with Crippen molar-refractivity contribution < 1.29 is 0 Å². The van der Waals surface area contributed by atoms with Gasteiger partial charge in [0.05, 0.1) is 0 Å². The van der Waals surface area contributed by atoms with Crippen molar-refractivity contribution in [1.29, 1.82) is 0 Å². The summed E-state index contributed by atoms with van der Waals surface area (Å²) in [4.78, 5) is 0. The quantitative estimate of drug-likeness (QED) is 0.0516. The van der Waals surface area contributed by atoms with E-state index >= 15 is 0 Å². The molecular weight excluding hydrogens is 744 g/mol. The molecule has 264 valence electrons. The van der Waals surface area contributed by atoms with Crippen molar-refractivity contribution in [1.82, 2.24) is 0 Å². The number of halogens is 3. The van der Waals surface area contributed by atoms with Gasteiger partial charge in [0, 0.05) is 25.6 Å². The second-order valence-electron chi connectivity index (χ2n) is 13.5. The lowest BCUT2D eigenvalue weighted by molar-refractivity contribution is 0.846. The fourth-order valence-electron chi connectivity index (χ4n) is 7.27. The smallest absolute Gasteiger partial charge is 0.332 e. The Hall–Kier alpha value is -4.14. The Morgan fingerprint density at radius 3 is 0.962 bits per heavy atom. The van der Waals surface area contributed by atoms with Crippen molar-refractivity contribution in [3.05, 3.63) is 233 Å². The van der Waals surface area contributed by atoms with Gasteiger partial charge in [0.15, 0.2) is 0 Å². The van der Waals surface area contributed by atoms with Gasteiger partial charge in [0.2, 0.25) is 0 Å². The van der Waals surface area contributed by atoms with Crippen LogP contribution in [-0.4, -0.2) is 6.16 Å². The summed E-state index contributed by atoms with van der Waals surface area (Å²) in [5, 5.41) is 2.23. The molecule has 7 aromatic rings. The summed E-state index contributed by atoms with van der Waals surface area (Å²) in [7, 11) is -1.36. The SMILES string of the molecule is CC(C)c1cc(C(c2ccccc2)c2ccccc2)c(N(P(c2ccccc2)c2ccccc2)[Si](Cl)(Cl)Cl)c(C(c2ccccc2)c2ccccc2)c1. The Morgan fingerprint density at radius 2 is 0.698 bits per heavy atom. The lowest BCUT2D eigenvalue weighted by atomic mass is 9.77. The van der Waals surface area contributed by atoms with E-state index in [0.29, 0.717) is 0 Å². The predicted octanol–water partition coefficient (Wildman–Crippen LogP) is 13.2. The zero-order valence-electron chi connectivity index (χ0n) is 29.7. The predicted molar refractivity (Wildman–Crippen MR) is 233 cm³/mol. The Kier molecular flexibility index (Phi) is 11.9. The highest BCUT2D eigenvalue weighted by Crippen LogP contribution is 2.56. The minimum atomic E-state index is -3.78. The topological polar surface area (TPSA) is 3.24 Å². The van der Waals surface area contributed by atoms with E-state index in [4.69, 9.17) is 33.2 Å². The van der Waals surface area contributed by atoms with Crippen molar-refractivity contribution in [2.75, 3.05) is 4.34 Å². The zero-order valence-corrected chi connectivity index (χ0v) is 33.9. The van der Waals surface area contributed by atoms with Gasteiger partial charge >= 0.3 is 6.16 Å². The van der Waals surface area contributed by atoms with E-state index in [0.717, 1.165) is 27.4 Å². The molecule has 0 aliphatic rings. The van der Waals surface area contributed by atoms with Gasteiger partial charge in [-0.15, -0.1) is 33.2 Å². The maximum atomic E-state index is 7.58. The Labute approximate surface area is 330 Å². The second-order valence-corrected chi connectivity index (χ2v) is 24.0. The molecule has 0 amide bonds. The Balaban J connectivity index is 1.68. The third-order valence-electron chi connectivity index (χ3n) is 9.67. The first kappa shape index (κ1) is 37.2. The molecule has 7 aromatic carbocycles. The van der Waals surface area contributed by atoms with Crippen LogP contribution in [0.15, 0.2) is 194 Å². The first-order valence-electron chi connectivity index (χ1n) is 18.0. The second kappa shape index (κ2) is 16.9. The van der Waals surface area contributed by atoms with Crippen LogP contribution in [-0.2, 0) is 0 Å². The molecule has 0 atom stereocenters. The van der Waals surface area contributed by atoms with Gasteiger partial charge in [0.1, 0.15) is 0 Å². The van der Waals surface area contributed by atoms with E-state index < -0.39 is 14.2 Å². The Morgan fingerprint density at radius 1 is 0.415 bits per heavy atom. The molecule has 0 aromatic heterocycles. The largest absolute Gasteiger partial charge is 0.458 e. The molecule has 0 saturated carbocycles. The van der Waals surface area contributed by atoms with E-state index in [1.54, 1.807) is 0 Å². The number of nitrogens with zero attached hydrogens (tertiary/aromatic N) is 1. The molecule has 0 bridgehead atoms. The van der Waals surface area contributed by atoms with Crippen LogP contribution in [0.3, 0.4) is 0 Å². The van der Waals surface area contributed by atoms with E-state index in [9.17, 15) is 0 Å². The first-order valence-corrected chi connectivity index (χ1v) is 24.2. The first-order chi connectivity index (χ1) is 25.8. The molecule has 0 spiro atoms. The van der Waals surface area contributed by atoms with Crippen LogP contribution < -0.4 is 14.9 Å². The fraction of sp³-hybridized carbons (Fsp3) is 0.106. The molecule has 0 unspecified atom stereocenters. The summed E-state index contributed by atoms with van der Waals surface area (Å²) in [6.45, 7) is 4.54. The van der Waals surface area contributed by atoms with E-state index in [1.165, 1.54) is 27.8 Å². The minimum Gasteiger partial charge on any atom is -0.332 e. The van der Waals surface area contributed by atoms with Crippen LogP contribution >= 0.6 is 41.3 Å². The van der Waals surface area contributed by atoms with Crippen molar-refractivity contribution in [2.45, 2.75) is 31.6 Å². The van der Waals surface area contributed by atoms with Gasteiger partial charge in [-0.1, -0.05) is 208 Å². The third kappa shape index (κ3) is 8.34. The number of hydrogen-bond donors (Lipinski definition) is 0. The molecule has 53 heavy (non-hydrogen) atoms. The fourth-order valence-corrected chi connectivity index (χ4v) is 14.3. The van der Waals surface area contributed by atoms with Crippen molar-refractivity contribution in [2.24, 2.45) is 0 Å². The summed E-state index contributed by atoms with van der Waals surface area (Å²) in [6.07, 6.45) is -3.78. The molecule has 6 heteroatoms. The van der Waals surface area contributed by atoms with Gasteiger partial charge in [0.25, 0.3) is 0 Å². The third-order valence-corrected chi connectivity index (χ3v) is 16.6. The van der Waals surface area contributed by atoms with E-state index in [-0.39, 0.29) is 17.8 Å². The van der Waals surface area contributed by atoms with Crippen LogP contribution in [0.2, 0.25) is 0 Å². The average Bonchev–Trinajstić information content (AvgIpc) is 3.19. The van der Waals surface area contributed by atoms with Crippen LogP contribution in [0.5, 0.6) is 0 Å². The summed E-state index contributed by atoms with van der Waals surface area (Å²) in [6, 6.07) is 69.0. The average molecular weight is 785 g/mol. The van der Waals surface area contributed by atoms with Crippen LogP contribution in [0.1, 0.15) is 70.5 Å². The molecule has 0 aliphatic carbocycles. The van der Waals surface area contributed by atoms with Crippen molar-refractivity contribution >= 4 is 63.8 Å². The molecular formula is C47H41Cl3NPSi. The lowest BCUT2D eigenvalue weighted by Crippen LogP contribution is -2.43. The normalized spacial score (nSPS) is 11.8. The summed E-state index contributed by atoms with van der Waals surface area (Å²) >= 11 is 22.7. The molecule has 0 saturated heterocycles. The summed E-state index contributed by atoms with van der Waals surface area (Å²) in [5.41, 5.74) is 9.18. The van der Waals surface area contributed by atoms with Gasteiger partial charge in [-0.25, -0.2) is 0 Å². The number of hydrogen-bond acceptors (Lipinski definition) is 1. The summed E-state index contributed by atoms with van der Waals surface area (Å²) < 4.78 is 2.25. The monoisotopic (exact) mass is 783 g/mol. The van der Waals surface area contributed by atoms with Gasteiger partial charge in [-0.3, -0.25) is 0 Å². The van der Waals surface area contributed by atoms with Crippen LogP contribution in [0.25, 0.3) is 0 Å². The highest BCUT2D eigenvalue weighted by atomic mass is 35.8. The molecule has 7 rings (SSSR count). The molecule has 0 radical (unpaired) electrons. The van der Waals surface area contributed by atoms with Gasteiger partial charge < -0.3 is 4.34 Å². The molecule has 0 heterocycles. The maximum Gasteiger partial charge on any atom is 0.458 e. The van der Waals surface area contributed by atoms with E-state index in [2.05, 4.69) is 212 Å². The molecule has 0 fully saturated rings. The minimum absolute atomic E-state index is 0.149. The highest BCUT2D eigenvalue weighted by Gasteiger charge is 2.45. The molecule has 1 nitrogen and oxygen atoms in total. The Bertz CT molecular complexity index is 1980. The standard InChI is InChI=1S/C47H41Cl3NPSi/c1-35(2)40-33-43(45(36-21-9-3-10-22-36)37-23-11-4-12-24-37)47(44(34-40)46(38-25-13-5-14-26-38)39-27-15-6-16-28-39)51(53(48,49)50)52(41-29-17-7-18-30-41)42-31-19-8-20-32-42/h3-35,45-46H,1-2H3. The van der Waals surface area contributed by atoms with Crippen molar-refractivity contribution in [3.8, 4) is 0 Å².